The number of hydrogen-bond donors (Lipinski definition) is 2. The van der Waals surface area contributed by atoms with E-state index in [4.69, 9.17) is 4.74 Å². The van der Waals surface area contributed by atoms with Crippen molar-refractivity contribution in [2.24, 2.45) is 0 Å². The maximum atomic E-state index is 12.2. The molecule has 0 amide bonds. The van der Waals surface area contributed by atoms with E-state index in [1.54, 1.807) is 19.2 Å². The third-order valence-corrected chi connectivity index (χ3v) is 4.98. The Morgan fingerprint density at radius 1 is 1.29 bits per heavy atom. The predicted octanol–water partition coefficient (Wildman–Crippen LogP) is 2.06. The van der Waals surface area contributed by atoms with E-state index in [1.807, 2.05) is 12.3 Å². The Balaban J connectivity index is 2.03. The molecule has 1 aromatic carbocycles. The molecule has 2 aromatic rings. The second-order valence-corrected chi connectivity index (χ2v) is 6.75. The predicted molar refractivity (Wildman–Crippen MR) is 83.3 cm³/mol. The van der Waals surface area contributed by atoms with Crippen LogP contribution in [0.3, 0.4) is 0 Å². The maximum Gasteiger partial charge on any atom is 0.240 e. The van der Waals surface area contributed by atoms with Gasteiger partial charge in [0.15, 0.2) is 5.13 Å². The second-order valence-electron chi connectivity index (χ2n) is 4.12. The van der Waals surface area contributed by atoms with Gasteiger partial charge < -0.3 is 10.1 Å². The number of rotatable bonds is 7. The van der Waals surface area contributed by atoms with Gasteiger partial charge in [0, 0.05) is 12.4 Å². The van der Waals surface area contributed by atoms with E-state index < -0.39 is 10.0 Å². The van der Waals surface area contributed by atoms with Gasteiger partial charge in [-0.2, -0.15) is 0 Å². The van der Waals surface area contributed by atoms with E-state index in [-0.39, 0.29) is 11.4 Å². The van der Waals surface area contributed by atoms with Crippen LogP contribution in [-0.2, 0) is 16.6 Å². The summed E-state index contributed by atoms with van der Waals surface area (Å²) in [6, 6.07) is 6.32. The van der Waals surface area contributed by atoms with Gasteiger partial charge in [0.25, 0.3) is 0 Å². The van der Waals surface area contributed by atoms with Crippen LogP contribution in [0.4, 0.5) is 5.13 Å². The highest BCUT2D eigenvalue weighted by Crippen LogP contribution is 2.17. The maximum absolute atomic E-state index is 12.2. The minimum atomic E-state index is -3.55. The third-order valence-electron chi connectivity index (χ3n) is 2.65. The molecule has 0 spiro atoms. The fourth-order valence-electron chi connectivity index (χ4n) is 1.64. The molecule has 0 unspecified atom stereocenters. The molecule has 1 heterocycles. The Morgan fingerprint density at radius 2 is 2.00 bits per heavy atom. The van der Waals surface area contributed by atoms with Gasteiger partial charge in [0.05, 0.1) is 23.7 Å². The van der Waals surface area contributed by atoms with Gasteiger partial charge in [-0.15, -0.1) is 11.3 Å². The summed E-state index contributed by atoms with van der Waals surface area (Å²) in [5.74, 6) is 0.648. The molecule has 1 aromatic heterocycles. The van der Waals surface area contributed by atoms with Crippen LogP contribution in [0.25, 0.3) is 0 Å². The standard InChI is InChI=1S/C13H17N3O3S2/c1-3-19-11-4-6-12(7-5-11)21(17,18)15-8-10-9-20-13(14-2)16-10/h4-7,9,15H,3,8H2,1-2H3,(H,14,16). The fraction of sp³-hybridized carbons (Fsp3) is 0.308. The average Bonchev–Trinajstić information content (AvgIpc) is 2.94. The van der Waals surface area contributed by atoms with Crippen LogP contribution in [-0.4, -0.2) is 27.1 Å². The Bertz CT molecular complexity index is 681. The largest absolute Gasteiger partial charge is 0.494 e. The van der Waals surface area contributed by atoms with E-state index >= 15 is 0 Å². The molecule has 0 aliphatic rings. The van der Waals surface area contributed by atoms with Crippen LogP contribution in [0.1, 0.15) is 12.6 Å². The van der Waals surface area contributed by atoms with Gasteiger partial charge in [-0.05, 0) is 31.2 Å². The molecule has 114 valence electrons. The highest BCUT2D eigenvalue weighted by Gasteiger charge is 2.14. The van der Waals surface area contributed by atoms with Crippen molar-refractivity contribution in [1.29, 1.82) is 0 Å². The van der Waals surface area contributed by atoms with Crippen LogP contribution in [0.2, 0.25) is 0 Å². The first-order valence-electron chi connectivity index (χ1n) is 6.40. The number of sulfonamides is 1. The molecule has 0 saturated heterocycles. The van der Waals surface area contributed by atoms with Crippen molar-refractivity contribution in [1.82, 2.24) is 9.71 Å². The van der Waals surface area contributed by atoms with E-state index in [0.717, 1.165) is 5.13 Å². The molecule has 0 aliphatic heterocycles. The minimum absolute atomic E-state index is 0.160. The molecule has 0 radical (unpaired) electrons. The quantitative estimate of drug-likeness (QED) is 0.814. The van der Waals surface area contributed by atoms with Gasteiger partial charge in [-0.3, -0.25) is 0 Å². The molecule has 21 heavy (non-hydrogen) atoms. The van der Waals surface area contributed by atoms with Gasteiger partial charge in [0.1, 0.15) is 5.75 Å². The fourth-order valence-corrected chi connectivity index (χ4v) is 3.31. The molecule has 2 N–H and O–H groups in total. The molecule has 0 saturated carbocycles. The molecular formula is C13H17N3O3S2. The molecule has 2 rings (SSSR count). The first-order valence-corrected chi connectivity index (χ1v) is 8.76. The molecule has 8 heteroatoms. The summed E-state index contributed by atoms with van der Waals surface area (Å²) in [6.45, 7) is 2.58. The number of benzene rings is 1. The molecule has 6 nitrogen and oxygen atoms in total. The molecule has 0 fully saturated rings. The lowest BCUT2D eigenvalue weighted by Gasteiger charge is -2.07. The van der Waals surface area contributed by atoms with Crippen molar-refractivity contribution in [2.75, 3.05) is 19.0 Å². The van der Waals surface area contributed by atoms with Crippen molar-refractivity contribution in [3.05, 3.63) is 35.3 Å². The van der Waals surface area contributed by atoms with Gasteiger partial charge in [-0.1, -0.05) is 0 Å². The number of nitrogens with zero attached hydrogens (tertiary/aromatic N) is 1. The summed E-state index contributed by atoms with van der Waals surface area (Å²) in [5.41, 5.74) is 0.680. The average molecular weight is 327 g/mol. The van der Waals surface area contributed by atoms with E-state index in [2.05, 4.69) is 15.0 Å². The Kier molecular flexibility index (Phi) is 5.16. The van der Waals surface area contributed by atoms with Crippen LogP contribution in [0, 0.1) is 0 Å². The number of thiazole rings is 1. The summed E-state index contributed by atoms with van der Waals surface area (Å²) in [4.78, 5) is 4.43. The van der Waals surface area contributed by atoms with Gasteiger partial charge in [-0.25, -0.2) is 18.1 Å². The summed E-state index contributed by atoms with van der Waals surface area (Å²) in [7, 11) is -1.78. The van der Waals surface area contributed by atoms with Gasteiger partial charge in [0.2, 0.25) is 10.0 Å². The Labute approximate surface area is 128 Å². The number of anilines is 1. The van der Waals surface area contributed by atoms with Crippen molar-refractivity contribution >= 4 is 26.5 Å². The SMILES string of the molecule is CCOc1ccc(S(=O)(=O)NCc2csc(NC)n2)cc1. The summed E-state index contributed by atoms with van der Waals surface area (Å²) in [5, 5.41) is 5.48. The number of hydrogen-bond acceptors (Lipinski definition) is 6. The summed E-state index contributed by atoms with van der Waals surface area (Å²) in [6.07, 6.45) is 0. The highest BCUT2D eigenvalue weighted by atomic mass is 32.2. The summed E-state index contributed by atoms with van der Waals surface area (Å²) < 4.78 is 32.1. The lowest BCUT2D eigenvalue weighted by Crippen LogP contribution is -2.23. The third kappa shape index (κ3) is 4.16. The topological polar surface area (TPSA) is 80.3 Å². The van der Waals surface area contributed by atoms with Crippen molar-refractivity contribution < 1.29 is 13.2 Å². The van der Waals surface area contributed by atoms with Crippen molar-refractivity contribution in [3.63, 3.8) is 0 Å². The highest BCUT2D eigenvalue weighted by molar-refractivity contribution is 7.89. The lowest BCUT2D eigenvalue weighted by molar-refractivity contribution is 0.340. The van der Waals surface area contributed by atoms with Crippen LogP contribution < -0.4 is 14.8 Å². The monoisotopic (exact) mass is 327 g/mol. The van der Waals surface area contributed by atoms with E-state index in [0.29, 0.717) is 18.1 Å². The first kappa shape index (κ1) is 15.7. The first-order chi connectivity index (χ1) is 10.0. The van der Waals surface area contributed by atoms with E-state index in [9.17, 15) is 8.42 Å². The molecule has 0 aliphatic carbocycles. The lowest BCUT2D eigenvalue weighted by atomic mass is 10.3. The number of ether oxygens (including phenoxy) is 1. The minimum Gasteiger partial charge on any atom is -0.494 e. The Hall–Kier alpha value is -1.64. The van der Waals surface area contributed by atoms with Gasteiger partial charge >= 0.3 is 0 Å². The molecule has 0 atom stereocenters. The van der Waals surface area contributed by atoms with Crippen molar-refractivity contribution in [2.45, 2.75) is 18.4 Å². The smallest absolute Gasteiger partial charge is 0.240 e. The zero-order valence-corrected chi connectivity index (χ0v) is 13.4. The van der Waals surface area contributed by atoms with Crippen LogP contribution in [0.15, 0.2) is 34.5 Å². The number of nitrogens with one attached hydrogen (secondary N) is 2. The second kappa shape index (κ2) is 6.88. The molecule has 0 bridgehead atoms. The summed E-state index contributed by atoms with van der Waals surface area (Å²) >= 11 is 1.43. The zero-order valence-electron chi connectivity index (χ0n) is 11.8. The number of aromatic nitrogens is 1. The van der Waals surface area contributed by atoms with Crippen LogP contribution in [0.5, 0.6) is 5.75 Å². The Morgan fingerprint density at radius 3 is 2.57 bits per heavy atom. The molecular weight excluding hydrogens is 310 g/mol. The van der Waals surface area contributed by atoms with Crippen molar-refractivity contribution in [3.8, 4) is 5.75 Å². The zero-order chi connectivity index (χ0) is 15.3. The normalized spacial score (nSPS) is 11.3. The van der Waals surface area contributed by atoms with E-state index in [1.165, 1.54) is 23.5 Å². The van der Waals surface area contributed by atoms with Crippen LogP contribution >= 0.6 is 11.3 Å².